The SMILES string of the molecule is CN(C)c1cccc2c1C(=O)C=CC21[C@@H](c2ccccc2)c2ccc(N(C)C)c3c(N(C)C)ccc(c23)[C@@H]1c1ccccc1. The molecule has 5 aromatic carbocycles. The molecule has 5 aromatic rings. The van der Waals surface area contributed by atoms with Crippen molar-refractivity contribution in [1.29, 1.82) is 0 Å². The molecule has 0 saturated heterocycles. The van der Waals surface area contributed by atoms with Crippen LogP contribution in [0.1, 0.15) is 50.0 Å². The summed E-state index contributed by atoms with van der Waals surface area (Å²) < 4.78 is 0. The molecule has 0 unspecified atom stereocenters. The zero-order chi connectivity index (χ0) is 30.7. The molecule has 0 radical (unpaired) electrons. The Labute approximate surface area is 260 Å². The van der Waals surface area contributed by atoms with Gasteiger partial charge in [0.2, 0.25) is 0 Å². The molecule has 0 bridgehead atoms. The lowest BCUT2D eigenvalue weighted by Crippen LogP contribution is -2.45. The average molecular weight is 578 g/mol. The van der Waals surface area contributed by atoms with Crippen LogP contribution in [-0.4, -0.2) is 48.1 Å². The Hall–Kier alpha value is -4.83. The van der Waals surface area contributed by atoms with Gasteiger partial charge in [-0.05, 0) is 57.5 Å². The minimum Gasteiger partial charge on any atom is -0.377 e. The molecule has 44 heavy (non-hydrogen) atoms. The fraction of sp³-hybridized carbons (Fsp3) is 0.225. The summed E-state index contributed by atoms with van der Waals surface area (Å²) in [4.78, 5) is 20.4. The van der Waals surface area contributed by atoms with Crippen LogP contribution < -0.4 is 14.7 Å². The Kier molecular flexibility index (Phi) is 6.62. The van der Waals surface area contributed by atoms with Gasteiger partial charge in [0, 0.05) is 87.5 Å². The molecule has 0 heterocycles. The number of hydrogen-bond donors (Lipinski definition) is 0. The van der Waals surface area contributed by atoms with Crippen LogP contribution in [0.3, 0.4) is 0 Å². The molecule has 0 fully saturated rings. The zero-order valence-corrected chi connectivity index (χ0v) is 26.4. The van der Waals surface area contributed by atoms with E-state index in [1.807, 2.05) is 20.2 Å². The van der Waals surface area contributed by atoms with Crippen LogP contribution in [0, 0.1) is 0 Å². The zero-order valence-electron chi connectivity index (χ0n) is 26.4. The summed E-state index contributed by atoms with van der Waals surface area (Å²) in [5.74, 6) is -0.0218. The molecule has 4 heteroatoms. The maximum Gasteiger partial charge on any atom is 0.187 e. The van der Waals surface area contributed by atoms with Crippen molar-refractivity contribution in [3.8, 4) is 0 Å². The van der Waals surface area contributed by atoms with E-state index in [2.05, 4.69) is 152 Å². The molecule has 0 saturated carbocycles. The molecule has 2 aliphatic carbocycles. The molecule has 0 N–H and O–H groups in total. The molecule has 220 valence electrons. The lowest BCUT2D eigenvalue weighted by molar-refractivity contribution is 0.103. The number of anilines is 3. The van der Waals surface area contributed by atoms with Crippen molar-refractivity contribution in [2.45, 2.75) is 17.3 Å². The molecule has 0 amide bonds. The lowest BCUT2D eigenvalue weighted by Gasteiger charge is -2.52. The number of rotatable bonds is 5. The summed E-state index contributed by atoms with van der Waals surface area (Å²) in [6, 6.07) is 37.5. The van der Waals surface area contributed by atoms with Gasteiger partial charge >= 0.3 is 0 Å². The summed E-state index contributed by atoms with van der Waals surface area (Å²) in [6.45, 7) is 0. The predicted molar refractivity (Wildman–Crippen MR) is 185 cm³/mol. The third-order valence-electron chi connectivity index (χ3n) is 9.74. The second kappa shape index (κ2) is 10.4. The summed E-state index contributed by atoms with van der Waals surface area (Å²) in [6.07, 6.45) is 4.10. The fourth-order valence-corrected chi connectivity index (χ4v) is 8.05. The Morgan fingerprint density at radius 2 is 1.02 bits per heavy atom. The van der Waals surface area contributed by atoms with Gasteiger partial charge < -0.3 is 14.7 Å². The van der Waals surface area contributed by atoms with Gasteiger partial charge in [-0.3, -0.25) is 4.79 Å². The van der Waals surface area contributed by atoms with Crippen molar-refractivity contribution in [2.75, 3.05) is 57.0 Å². The van der Waals surface area contributed by atoms with E-state index in [-0.39, 0.29) is 17.6 Å². The molecule has 0 aliphatic heterocycles. The first-order chi connectivity index (χ1) is 21.3. The molecule has 4 nitrogen and oxygen atoms in total. The Bertz CT molecular complexity index is 1830. The minimum absolute atomic E-state index is 0.0435. The molecule has 7 rings (SSSR count). The normalized spacial score (nSPS) is 17.9. The second-order valence-corrected chi connectivity index (χ2v) is 12.8. The number of carbonyl (C=O) groups excluding carboxylic acids is 1. The van der Waals surface area contributed by atoms with Gasteiger partial charge in [0.1, 0.15) is 0 Å². The number of carbonyl (C=O) groups is 1. The number of nitrogens with zero attached hydrogens (tertiary/aromatic N) is 3. The third kappa shape index (κ3) is 3.93. The van der Waals surface area contributed by atoms with E-state index < -0.39 is 5.41 Å². The molecule has 2 aliphatic rings. The van der Waals surface area contributed by atoms with Crippen molar-refractivity contribution in [3.63, 3.8) is 0 Å². The Morgan fingerprint density at radius 1 is 0.523 bits per heavy atom. The quantitative estimate of drug-likeness (QED) is 0.211. The van der Waals surface area contributed by atoms with Gasteiger partial charge in [0.25, 0.3) is 0 Å². The van der Waals surface area contributed by atoms with Crippen LogP contribution in [0.4, 0.5) is 17.1 Å². The molecule has 1 spiro atoms. The number of allylic oxidation sites excluding steroid dienone is 2. The van der Waals surface area contributed by atoms with Crippen LogP contribution in [0.15, 0.2) is 115 Å². The molecule has 2 atom stereocenters. The van der Waals surface area contributed by atoms with Gasteiger partial charge in [-0.25, -0.2) is 0 Å². The van der Waals surface area contributed by atoms with Crippen molar-refractivity contribution >= 4 is 33.6 Å². The van der Waals surface area contributed by atoms with Crippen LogP contribution in [-0.2, 0) is 5.41 Å². The van der Waals surface area contributed by atoms with Gasteiger partial charge in [0.05, 0.1) is 0 Å². The largest absolute Gasteiger partial charge is 0.377 e. The summed E-state index contributed by atoms with van der Waals surface area (Å²) >= 11 is 0. The predicted octanol–water partition coefficient (Wildman–Crippen LogP) is 8.01. The summed E-state index contributed by atoms with van der Waals surface area (Å²) in [7, 11) is 12.6. The first-order valence-electron chi connectivity index (χ1n) is 15.3. The smallest absolute Gasteiger partial charge is 0.187 e. The van der Waals surface area contributed by atoms with Gasteiger partial charge in [-0.15, -0.1) is 0 Å². The number of ketones is 1. The number of benzene rings is 5. The Balaban J connectivity index is 1.72. The second-order valence-electron chi connectivity index (χ2n) is 12.8. The van der Waals surface area contributed by atoms with Crippen LogP contribution >= 0.6 is 0 Å². The van der Waals surface area contributed by atoms with E-state index >= 15 is 0 Å². The highest BCUT2D eigenvalue weighted by Crippen LogP contribution is 2.63. The first kappa shape index (κ1) is 28.0. The summed E-state index contributed by atoms with van der Waals surface area (Å²) in [5, 5.41) is 2.58. The highest BCUT2D eigenvalue weighted by molar-refractivity contribution is 6.13. The van der Waals surface area contributed by atoms with Gasteiger partial charge in [0.15, 0.2) is 5.78 Å². The minimum atomic E-state index is -0.558. The van der Waals surface area contributed by atoms with Gasteiger partial charge in [-0.1, -0.05) is 91.0 Å². The van der Waals surface area contributed by atoms with E-state index in [9.17, 15) is 4.79 Å². The van der Waals surface area contributed by atoms with Crippen LogP contribution in [0.5, 0.6) is 0 Å². The molecular weight excluding hydrogens is 538 g/mol. The van der Waals surface area contributed by atoms with E-state index in [0.717, 1.165) is 16.8 Å². The maximum absolute atomic E-state index is 13.9. The van der Waals surface area contributed by atoms with Gasteiger partial charge in [-0.2, -0.15) is 0 Å². The highest BCUT2D eigenvalue weighted by atomic mass is 16.1. The fourth-order valence-electron chi connectivity index (χ4n) is 8.05. The third-order valence-corrected chi connectivity index (χ3v) is 9.74. The maximum atomic E-state index is 13.9. The molecular formula is C40H39N3O. The van der Waals surface area contributed by atoms with E-state index in [1.54, 1.807) is 0 Å². The average Bonchev–Trinajstić information content (AvgIpc) is 3.03. The van der Waals surface area contributed by atoms with Crippen LogP contribution in [0.2, 0.25) is 0 Å². The van der Waals surface area contributed by atoms with Crippen LogP contribution in [0.25, 0.3) is 10.8 Å². The standard InChI is InChI=1S/C40H39N3O/c1-41(2)31-19-13-18-30-36(31)34(44)24-25-40(30)38(26-14-9-7-10-15-26)28-20-22-32(42(3)4)37-33(43(5)6)23-21-29(35(28)37)39(40)27-16-11-8-12-17-27/h7-25,38-39H,1-6H3/t38-,39-/m0/s1. The van der Waals surface area contributed by atoms with Crippen molar-refractivity contribution < 1.29 is 4.79 Å². The summed E-state index contributed by atoms with van der Waals surface area (Å²) in [5.41, 5.74) is 9.77. The van der Waals surface area contributed by atoms with Crippen molar-refractivity contribution in [1.82, 2.24) is 0 Å². The van der Waals surface area contributed by atoms with E-state index in [0.29, 0.717) is 0 Å². The van der Waals surface area contributed by atoms with Crippen molar-refractivity contribution in [2.24, 2.45) is 0 Å². The highest BCUT2D eigenvalue weighted by Gasteiger charge is 2.54. The molecule has 0 aromatic heterocycles. The number of fused-ring (bicyclic) bond motifs is 2. The topological polar surface area (TPSA) is 26.8 Å². The lowest BCUT2D eigenvalue weighted by atomic mass is 9.50. The monoisotopic (exact) mass is 577 g/mol. The van der Waals surface area contributed by atoms with E-state index in [1.165, 1.54) is 44.4 Å². The first-order valence-corrected chi connectivity index (χ1v) is 15.3. The number of hydrogen-bond acceptors (Lipinski definition) is 4. The van der Waals surface area contributed by atoms with Crippen molar-refractivity contribution in [3.05, 3.63) is 149 Å². The Morgan fingerprint density at radius 3 is 1.50 bits per heavy atom. The van der Waals surface area contributed by atoms with E-state index in [4.69, 9.17) is 0 Å².